The van der Waals surface area contributed by atoms with Crippen LogP contribution >= 0.6 is 0 Å². The molecule has 0 saturated heterocycles. The van der Waals surface area contributed by atoms with E-state index >= 15 is 0 Å². The van der Waals surface area contributed by atoms with Gasteiger partial charge in [0.05, 0.1) is 23.3 Å². The van der Waals surface area contributed by atoms with Crippen molar-refractivity contribution in [2.45, 2.75) is 6.18 Å². The Bertz CT molecular complexity index is 1520. The summed E-state index contributed by atoms with van der Waals surface area (Å²) < 4.78 is 75.0. The minimum absolute atomic E-state index is 0.0375. The molecule has 0 saturated carbocycles. The maximum absolute atomic E-state index is 14.9. The average Bonchev–Trinajstić information content (AvgIpc) is 2.86. The molecule has 0 amide bonds. The lowest BCUT2D eigenvalue weighted by molar-refractivity contribution is -0.385. The molecule has 0 aliphatic heterocycles. The molecule has 3 rings (SSSR count). The zero-order valence-corrected chi connectivity index (χ0v) is 20.2. The lowest BCUT2D eigenvalue weighted by Gasteiger charge is -2.16. The van der Waals surface area contributed by atoms with E-state index in [1.54, 1.807) is 0 Å². The third kappa shape index (κ3) is 6.59. The molecule has 3 aromatic rings. The van der Waals surface area contributed by atoms with Gasteiger partial charge in [0, 0.05) is 26.3 Å². The summed E-state index contributed by atoms with van der Waals surface area (Å²) in [5.41, 5.74) is -6.54. The standard InChI is InChI=1S/C23H19F4N3O9/c1-28-19(23(25,26)27)11-20(31)29(22(28)33)14-10-18(15(30(34)35)9-13(14)24)39-17-6-4-3-5-16(17)38-12-21(32)37-8-7-36-2/h3-6,9-11H,7-8,12H2,1-2H3. The highest BCUT2D eigenvalue weighted by molar-refractivity contribution is 5.71. The summed E-state index contributed by atoms with van der Waals surface area (Å²) >= 11 is 0. The van der Waals surface area contributed by atoms with Crippen LogP contribution in [0.25, 0.3) is 5.69 Å². The molecule has 0 unspecified atom stereocenters. The number of benzene rings is 2. The summed E-state index contributed by atoms with van der Waals surface area (Å²) in [6.45, 7) is -0.477. The van der Waals surface area contributed by atoms with Gasteiger partial charge < -0.3 is 18.9 Å². The SMILES string of the molecule is COCCOC(=O)COc1ccccc1Oc1cc(-n2c(=O)cc(C(F)(F)F)n(C)c2=O)c(F)cc1[N+](=O)[O-]. The summed E-state index contributed by atoms with van der Waals surface area (Å²) in [6.07, 6.45) is -5.06. The molecule has 1 heterocycles. The number of nitro groups is 1. The predicted octanol–water partition coefficient (Wildman–Crippen LogP) is 2.96. The Balaban J connectivity index is 2.05. The first-order valence-corrected chi connectivity index (χ1v) is 10.8. The number of carbonyl (C=O) groups excluding carboxylic acids is 1. The molecule has 0 radical (unpaired) electrons. The molecule has 0 atom stereocenters. The second-order valence-corrected chi connectivity index (χ2v) is 7.62. The molecule has 0 fully saturated rings. The van der Waals surface area contributed by atoms with E-state index in [1.807, 2.05) is 0 Å². The van der Waals surface area contributed by atoms with E-state index in [0.717, 1.165) is 7.05 Å². The van der Waals surface area contributed by atoms with Crippen molar-refractivity contribution in [1.29, 1.82) is 0 Å². The maximum atomic E-state index is 14.9. The Morgan fingerprint density at radius 3 is 2.33 bits per heavy atom. The van der Waals surface area contributed by atoms with E-state index in [-0.39, 0.29) is 39.9 Å². The Morgan fingerprint density at radius 2 is 1.72 bits per heavy atom. The van der Waals surface area contributed by atoms with Crippen LogP contribution < -0.4 is 20.7 Å². The van der Waals surface area contributed by atoms with Gasteiger partial charge in [-0.2, -0.15) is 13.2 Å². The van der Waals surface area contributed by atoms with Crippen molar-refractivity contribution in [2.24, 2.45) is 7.05 Å². The number of alkyl halides is 3. The Kier molecular flexibility index (Phi) is 8.70. The van der Waals surface area contributed by atoms with Gasteiger partial charge in [-0.05, 0) is 12.1 Å². The van der Waals surface area contributed by atoms with Gasteiger partial charge in [-0.3, -0.25) is 19.5 Å². The molecule has 39 heavy (non-hydrogen) atoms. The molecule has 0 N–H and O–H groups in total. The van der Waals surface area contributed by atoms with Gasteiger partial charge in [-0.1, -0.05) is 12.1 Å². The van der Waals surface area contributed by atoms with Gasteiger partial charge in [-0.25, -0.2) is 18.5 Å². The number of hydrogen-bond acceptors (Lipinski definition) is 9. The van der Waals surface area contributed by atoms with Crippen LogP contribution in [-0.2, 0) is 27.5 Å². The summed E-state index contributed by atoms with van der Waals surface area (Å²) in [5, 5.41) is 11.6. The second kappa shape index (κ2) is 11.8. The van der Waals surface area contributed by atoms with E-state index in [4.69, 9.17) is 18.9 Å². The fourth-order valence-electron chi connectivity index (χ4n) is 3.24. The highest BCUT2D eigenvalue weighted by Crippen LogP contribution is 2.38. The highest BCUT2D eigenvalue weighted by atomic mass is 19.4. The van der Waals surface area contributed by atoms with Crippen LogP contribution in [0.15, 0.2) is 52.1 Å². The number of esters is 1. The second-order valence-electron chi connectivity index (χ2n) is 7.62. The predicted molar refractivity (Wildman–Crippen MR) is 124 cm³/mol. The largest absolute Gasteiger partial charge is 0.478 e. The molecule has 208 valence electrons. The molecule has 0 aliphatic rings. The minimum atomic E-state index is -5.06. The Labute approximate surface area is 215 Å². The summed E-state index contributed by atoms with van der Waals surface area (Å²) in [7, 11) is 2.12. The summed E-state index contributed by atoms with van der Waals surface area (Å²) in [4.78, 5) is 47.4. The Morgan fingerprint density at radius 1 is 1.05 bits per heavy atom. The smallest absolute Gasteiger partial charge is 0.431 e. The van der Waals surface area contributed by atoms with Crippen LogP contribution in [0, 0.1) is 15.9 Å². The molecular formula is C23H19F4N3O9. The van der Waals surface area contributed by atoms with Crippen LogP contribution in [0.2, 0.25) is 0 Å². The van der Waals surface area contributed by atoms with Crippen molar-refractivity contribution in [3.05, 3.63) is 84.9 Å². The molecule has 1 aromatic heterocycles. The van der Waals surface area contributed by atoms with Gasteiger partial charge in [0.25, 0.3) is 5.56 Å². The lowest BCUT2D eigenvalue weighted by atomic mass is 10.2. The van der Waals surface area contributed by atoms with E-state index in [0.29, 0.717) is 12.1 Å². The monoisotopic (exact) mass is 557 g/mol. The van der Waals surface area contributed by atoms with Gasteiger partial charge in [-0.15, -0.1) is 0 Å². The maximum Gasteiger partial charge on any atom is 0.431 e. The zero-order valence-electron chi connectivity index (χ0n) is 20.2. The van der Waals surface area contributed by atoms with Crippen molar-refractivity contribution >= 4 is 11.7 Å². The van der Waals surface area contributed by atoms with Gasteiger partial charge in [0.1, 0.15) is 12.3 Å². The van der Waals surface area contributed by atoms with Crippen LogP contribution in [-0.4, -0.2) is 47.0 Å². The minimum Gasteiger partial charge on any atom is -0.478 e. The molecule has 0 bridgehead atoms. The molecule has 0 spiro atoms. The van der Waals surface area contributed by atoms with Crippen molar-refractivity contribution < 1.29 is 46.2 Å². The van der Waals surface area contributed by atoms with E-state index in [1.165, 1.54) is 31.4 Å². The van der Waals surface area contributed by atoms with Crippen LogP contribution in [0.1, 0.15) is 5.69 Å². The molecule has 16 heteroatoms. The molecule has 0 aliphatic carbocycles. The summed E-state index contributed by atoms with van der Waals surface area (Å²) in [5.74, 6) is -3.21. The fourth-order valence-corrected chi connectivity index (χ4v) is 3.24. The number of hydrogen-bond donors (Lipinski definition) is 0. The van der Waals surface area contributed by atoms with Crippen LogP contribution in [0.4, 0.5) is 23.2 Å². The first-order chi connectivity index (χ1) is 18.3. The van der Waals surface area contributed by atoms with Gasteiger partial charge in [0.15, 0.2) is 23.9 Å². The topological polar surface area (TPSA) is 141 Å². The fraction of sp³-hybridized carbons (Fsp3) is 0.261. The van der Waals surface area contributed by atoms with Crippen LogP contribution in [0.5, 0.6) is 17.2 Å². The van der Waals surface area contributed by atoms with Crippen molar-refractivity contribution in [3.63, 3.8) is 0 Å². The van der Waals surface area contributed by atoms with Gasteiger partial charge >= 0.3 is 23.5 Å². The number of carbonyl (C=O) groups is 1. The number of aromatic nitrogens is 2. The third-order valence-corrected chi connectivity index (χ3v) is 5.04. The van der Waals surface area contributed by atoms with Crippen LogP contribution in [0.3, 0.4) is 0 Å². The zero-order chi connectivity index (χ0) is 28.9. The third-order valence-electron chi connectivity index (χ3n) is 5.04. The number of methoxy groups -OCH3 is 1. The summed E-state index contributed by atoms with van der Waals surface area (Å²) in [6, 6.07) is 6.56. The molecular weight excluding hydrogens is 538 g/mol. The highest BCUT2D eigenvalue weighted by Gasteiger charge is 2.35. The first kappa shape index (κ1) is 28.8. The van der Waals surface area contributed by atoms with E-state index < -0.39 is 63.6 Å². The van der Waals surface area contributed by atoms with Crippen molar-refractivity contribution in [3.8, 4) is 22.9 Å². The lowest BCUT2D eigenvalue weighted by Crippen LogP contribution is -2.41. The average molecular weight is 557 g/mol. The number of rotatable bonds is 10. The molecule has 2 aromatic carbocycles. The van der Waals surface area contributed by atoms with Gasteiger partial charge in [0.2, 0.25) is 5.75 Å². The van der Waals surface area contributed by atoms with Crippen molar-refractivity contribution in [2.75, 3.05) is 26.9 Å². The number of ether oxygens (including phenoxy) is 4. The number of para-hydroxylation sites is 2. The first-order valence-electron chi connectivity index (χ1n) is 10.8. The van der Waals surface area contributed by atoms with E-state index in [2.05, 4.69) is 0 Å². The number of halogens is 4. The van der Waals surface area contributed by atoms with E-state index in [9.17, 15) is 42.1 Å². The number of nitro benzene ring substituents is 1. The number of nitrogens with zero attached hydrogens (tertiary/aromatic N) is 3. The quantitative estimate of drug-likeness (QED) is 0.121. The Hall–Kier alpha value is -4.73. The molecule has 12 nitrogen and oxygen atoms in total. The van der Waals surface area contributed by atoms with Crippen molar-refractivity contribution in [1.82, 2.24) is 9.13 Å². The normalized spacial score (nSPS) is 11.2.